The molecule has 1 rings (SSSR count). The van der Waals surface area contributed by atoms with Crippen molar-refractivity contribution in [2.24, 2.45) is 5.92 Å². The molecule has 1 aliphatic carbocycles. The number of carboxylic acid groups (broad SMARTS) is 1. The number of carbonyl (C=O) groups is 1. The highest BCUT2D eigenvalue weighted by Crippen LogP contribution is 2.26. The topological polar surface area (TPSA) is 58.6 Å². The summed E-state index contributed by atoms with van der Waals surface area (Å²) in [7, 11) is 1.56. The Bertz CT molecular complexity index is 178. The number of methoxy groups -OCH3 is 1. The zero-order valence-corrected chi connectivity index (χ0v) is 8.66. The lowest BCUT2D eigenvalue weighted by atomic mass is 9.84. The van der Waals surface area contributed by atoms with E-state index in [2.05, 4.69) is 5.32 Å². The number of nitrogens with one attached hydrogen (secondary N) is 1. The van der Waals surface area contributed by atoms with E-state index in [9.17, 15) is 4.79 Å². The van der Waals surface area contributed by atoms with Gasteiger partial charge in [-0.25, -0.2) is 0 Å². The molecule has 0 aliphatic heterocycles. The number of aliphatic carboxylic acids is 1. The molecule has 0 spiro atoms. The van der Waals surface area contributed by atoms with Gasteiger partial charge in [-0.15, -0.1) is 0 Å². The predicted octanol–water partition coefficient (Wildman–Crippen LogP) is 1.21. The fraction of sp³-hybridized carbons (Fsp3) is 0.900. The molecule has 0 aromatic carbocycles. The van der Waals surface area contributed by atoms with Crippen molar-refractivity contribution in [1.29, 1.82) is 0 Å². The van der Waals surface area contributed by atoms with Crippen molar-refractivity contribution in [3.05, 3.63) is 0 Å². The Morgan fingerprint density at radius 2 is 2.14 bits per heavy atom. The van der Waals surface area contributed by atoms with E-state index in [1.54, 1.807) is 7.11 Å². The minimum absolute atomic E-state index is 0.274. The quantitative estimate of drug-likeness (QED) is 0.656. The van der Waals surface area contributed by atoms with Crippen LogP contribution >= 0.6 is 0 Å². The summed E-state index contributed by atoms with van der Waals surface area (Å²) in [5.74, 6) is -0.481. The summed E-state index contributed by atoms with van der Waals surface area (Å²) in [5.41, 5.74) is 0. The Kier molecular flexibility index (Phi) is 4.90. The summed E-state index contributed by atoms with van der Waals surface area (Å²) in [4.78, 5) is 11.0. The van der Waals surface area contributed by atoms with Crippen LogP contribution in [0.1, 0.15) is 32.1 Å². The normalized spacial score (nSPS) is 20.6. The van der Waals surface area contributed by atoms with Crippen LogP contribution in [0.2, 0.25) is 0 Å². The molecular formula is C10H19NO3. The van der Waals surface area contributed by atoms with E-state index in [1.165, 1.54) is 6.42 Å². The minimum Gasteiger partial charge on any atom is -0.480 e. The molecule has 0 heterocycles. The summed E-state index contributed by atoms with van der Waals surface area (Å²) in [6.07, 6.45) is 5.60. The van der Waals surface area contributed by atoms with Crippen LogP contribution in [0, 0.1) is 5.92 Å². The molecule has 0 aromatic rings. The molecule has 0 amide bonds. The Morgan fingerprint density at radius 1 is 1.50 bits per heavy atom. The molecule has 1 atom stereocenters. The summed E-state index contributed by atoms with van der Waals surface area (Å²) < 4.78 is 4.84. The van der Waals surface area contributed by atoms with Crippen LogP contribution in [-0.2, 0) is 9.53 Å². The SMILES string of the molecule is COCNC(C(=O)O)C1CCCCC1. The third-order valence-corrected chi connectivity index (χ3v) is 2.83. The van der Waals surface area contributed by atoms with Gasteiger partial charge in [-0.1, -0.05) is 19.3 Å². The van der Waals surface area contributed by atoms with E-state index in [1.807, 2.05) is 0 Å². The highest BCUT2D eigenvalue weighted by Gasteiger charge is 2.28. The van der Waals surface area contributed by atoms with Crippen LogP contribution in [0.5, 0.6) is 0 Å². The second-order valence-corrected chi connectivity index (χ2v) is 3.85. The van der Waals surface area contributed by atoms with Gasteiger partial charge >= 0.3 is 5.97 Å². The maximum atomic E-state index is 11.0. The van der Waals surface area contributed by atoms with Gasteiger partial charge in [-0.3, -0.25) is 10.1 Å². The molecule has 1 unspecified atom stereocenters. The van der Waals surface area contributed by atoms with Crippen molar-refractivity contribution < 1.29 is 14.6 Å². The van der Waals surface area contributed by atoms with E-state index in [4.69, 9.17) is 9.84 Å². The molecule has 0 saturated heterocycles. The molecule has 1 aliphatic rings. The number of rotatable bonds is 5. The van der Waals surface area contributed by atoms with Gasteiger partial charge in [-0.05, 0) is 18.8 Å². The first-order chi connectivity index (χ1) is 6.75. The summed E-state index contributed by atoms with van der Waals surface area (Å²) in [5, 5.41) is 12.0. The third kappa shape index (κ3) is 3.27. The molecule has 1 fully saturated rings. The van der Waals surface area contributed by atoms with E-state index in [0.29, 0.717) is 6.73 Å². The lowest BCUT2D eigenvalue weighted by Gasteiger charge is -2.27. The van der Waals surface area contributed by atoms with Crippen molar-refractivity contribution in [2.75, 3.05) is 13.8 Å². The van der Waals surface area contributed by atoms with Crippen LogP contribution < -0.4 is 5.32 Å². The standard InChI is InChI=1S/C10H19NO3/c1-14-7-11-9(10(12)13)8-5-3-2-4-6-8/h8-9,11H,2-7H2,1H3,(H,12,13). The first kappa shape index (κ1) is 11.5. The second-order valence-electron chi connectivity index (χ2n) is 3.85. The second kappa shape index (κ2) is 5.98. The van der Waals surface area contributed by atoms with Gasteiger partial charge in [0, 0.05) is 7.11 Å². The molecule has 4 heteroatoms. The monoisotopic (exact) mass is 201 g/mol. The fourth-order valence-electron chi connectivity index (χ4n) is 2.10. The van der Waals surface area contributed by atoms with Crippen molar-refractivity contribution >= 4 is 5.97 Å². The largest absolute Gasteiger partial charge is 0.480 e. The van der Waals surface area contributed by atoms with Crippen molar-refractivity contribution in [3.63, 3.8) is 0 Å². The molecular weight excluding hydrogens is 182 g/mol. The average Bonchev–Trinajstić information content (AvgIpc) is 2.19. The van der Waals surface area contributed by atoms with Crippen LogP contribution in [0.25, 0.3) is 0 Å². The van der Waals surface area contributed by atoms with Crippen molar-refractivity contribution in [1.82, 2.24) is 5.32 Å². The Labute approximate surface area is 84.6 Å². The van der Waals surface area contributed by atoms with Crippen LogP contribution in [0.3, 0.4) is 0 Å². The van der Waals surface area contributed by atoms with E-state index >= 15 is 0 Å². The molecule has 1 saturated carbocycles. The maximum absolute atomic E-state index is 11.0. The molecule has 14 heavy (non-hydrogen) atoms. The van der Waals surface area contributed by atoms with Crippen LogP contribution in [-0.4, -0.2) is 31.0 Å². The van der Waals surface area contributed by atoms with Gasteiger partial charge in [0.1, 0.15) is 6.04 Å². The van der Waals surface area contributed by atoms with Crippen molar-refractivity contribution in [3.8, 4) is 0 Å². The van der Waals surface area contributed by atoms with Gasteiger partial charge in [-0.2, -0.15) is 0 Å². The highest BCUT2D eigenvalue weighted by atomic mass is 16.5. The van der Waals surface area contributed by atoms with Gasteiger partial charge in [0.2, 0.25) is 0 Å². The van der Waals surface area contributed by atoms with E-state index in [0.717, 1.165) is 25.7 Å². The van der Waals surface area contributed by atoms with Crippen molar-refractivity contribution in [2.45, 2.75) is 38.1 Å². The summed E-state index contributed by atoms with van der Waals surface area (Å²) in [6.45, 7) is 0.313. The summed E-state index contributed by atoms with van der Waals surface area (Å²) >= 11 is 0. The zero-order chi connectivity index (χ0) is 10.4. The van der Waals surface area contributed by atoms with Crippen LogP contribution in [0.15, 0.2) is 0 Å². The first-order valence-electron chi connectivity index (χ1n) is 5.21. The van der Waals surface area contributed by atoms with E-state index < -0.39 is 12.0 Å². The molecule has 0 bridgehead atoms. The average molecular weight is 201 g/mol. The fourth-order valence-corrected chi connectivity index (χ4v) is 2.10. The Hall–Kier alpha value is -0.610. The lowest BCUT2D eigenvalue weighted by molar-refractivity contribution is -0.142. The number of carboxylic acids is 1. The molecule has 2 N–H and O–H groups in total. The number of ether oxygens (including phenoxy) is 1. The molecule has 82 valence electrons. The van der Waals surface area contributed by atoms with Gasteiger partial charge in [0.05, 0.1) is 6.73 Å². The lowest BCUT2D eigenvalue weighted by Crippen LogP contribution is -2.44. The third-order valence-electron chi connectivity index (χ3n) is 2.83. The van der Waals surface area contributed by atoms with Gasteiger partial charge < -0.3 is 9.84 Å². The predicted molar refractivity (Wildman–Crippen MR) is 53.0 cm³/mol. The first-order valence-corrected chi connectivity index (χ1v) is 5.21. The number of hydrogen-bond donors (Lipinski definition) is 2. The zero-order valence-electron chi connectivity index (χ0n) is 8.66. The molecule has 0 radical (unpaired) electrons. The van der Waals surface area contributed by atoms with Gasteiger partial charge in [0.15, 0.2) is 0 Å². The smallest absolute Gasteiger partial charge is 0.321 e. The summed E-state index contributed by atoms with van der Waals surface area (Å²) in [6, 6.07) is -0.435. The molecule has 0 aromatic heterocycles. The van der Waals surface area contributed by atoms with E-state index in [-0.39, 0.29) is 5.92 Å². The van der Waals surface area contributed by atoms with Gasteiger partial charge in [0.25, 0.3) is 0 Å². The minimum atomic E-state index is -0.756. The maximum Gasteiger partial charge on any atom is 0.321 e. The Morgan fingerprint density at radius 3 is 2.64 bits per heavy atom. The molecule has 4 nitrogen and oxygen atoms in total. The van der Waals surface area contributed by atoms with Crippen LogP contribution in [0.4, 0.5) is 0 Å². The number of hydrogen-bond acceptors (Lipinski definition) is 3. The Balaban J connectivity index is 2.43. The highest BCUT2D eigenvalue weighted by molar-refractivity contribution is 5.73.